The molecule has 0 heterocycles. The van der Waals surface area contributed by atoms with E-state index in [0.29, 0.717) is 25.4 Å². The third-order valence-corrected chi connectivity index (χ3v) is 4.96. The Morgan fingerprint density at radius 3 is 2.50 bits per heavy atom. The van der Waals surface area contributed by atoms with E-state index in [1.807, 2.05) is 0 Å². The molecule has 0 aromatic heterocycles. The highest BCUT2D eigenvalue weighted by molar-refractivity contribution is 7.89. The van der Waals surface area contributed by atoms with E-state index in [-0.39, 0.29) is 11.9 Å². The van der Waals surface area contributed by atoms with E-state index in [0.717, 1.165) is 19.3 Å². The lowest BCUT2D eigenvalue weighted by molar-refractivity contribution is 0.0367. The van der Waals surface area contributed by atoms with E-state index < -0.39 is 10.0 Å². The number of nitrogens with two attached hydrogens (primary N) is 1. The van der Waals surface area contributed by atoms with Crippen LogP contribution in [0.4, 0.5) is 0 Å². The summed E-state index contributed by atoms with van der Waals surface area (Å²) in [6.45, 7) is 1.07. The average Bonchev–Trinajstić information content (AvgIpc) is 2.15. The topological polar surface area (TPSA) is 83.6 Å². The number of hydrogen-bond donors (Lipinski definition) is 2. The highest BCUT2D eigenvalue weighted by Gasteiger charge is 2.30. The molecular formula is C10H22N2O3S. The first-order chi connectivity index (χ1) is 7.45. The van der Waals surface area contributed by atoms with Crippen molar-refractivity contribution in [1.29, 1.82) is 0 Å². The summed E-state index contributed by atoms with van der Waals surface area (Å²) >= 11 is 0. The second kappa shape index (κ2) is 5.95. The Labute approximate surface area is 97.7 Å². The van der Waals surface area contributed by atoms with Crippen LogP contribution >= 0.6 is 0 Å². The lowest BCUT2D eigenvalue weighted by atomic mass is 9.82. The first-order valence-electron chi connectivity index (χ1n) is 5.78. The van der Waals surface area contributed by atoms with Gasteiger partial charge < -0.3 is 10.8 Å². The molecule has 5 nitrogen and oxygen atoms in total. The summed E-state index contributed by atoms with van der Waals surface area (Å²) in [6, 6.07) is 0. The summed E-state index contributed by atoms with van der Waals surface area (Å²) in [4.78, 5) is 0. The maximum absolute atomic E-state index is 11.8. The lowest BCUT2D eigenvalue weighted by Gasteiger charge is -2.34. The van der Waals surface area contributed by atoms with Gasteiger partial charge in [-0.2, -0.15) is 0 Å². The van der Waals surface area contributed by atoms with Gasteiger partial charge in [0.2, 0.25) is 10.0 Å². The molecule has 0 saturated heterocycles. The number of hydrogen-bond acceptors (Lipinski definition) is 4. The lowest BCUT2D eigenvalue weighted by Crippen LogP contribution is -2.40. The average molecular weight is 250 g/mol. The molecule has 1 saturated carbocycles. The number of unbranched alkanes of at least 4 members (excludes halogenated alkanes) is 1. The largest absolute Gasteiger partial charge is 0.393 e. The normalized spacial score (nSPS) is 25.8. The molecule has 0 atom stereocenters. The number of sulfonamides is 1. The fraction of sp³-hybridized carbons (Fsp3) is 1.00. The van der Waals surface area contributed by atoms with Crippen LogP contribution in [0.25, 0.3) is 0 Å². The van der Waals surface area contributed by atoms with Crippen molar-refractivity contribution in [1.82, 2.24) is 4.31 Å². The Kier molecular flexibility index (Phi) is 5.17. The van der Waals surface area contributed by atoms with Crippen molar-refractivity contribution in [3.63, 3.8) is 0 Å². The highest BCUT2D eigenvalue weighted by Crippen LogP contribution is 2.28. The predicted molar refractivity (Wildman–Crippen MR) is 63.4 cm³/mol. The summed E-state index contributed by atoms with van der Waals surface area (Å²) in [5.74, 6) is 0.500. The Morgan fingerprint density at radius 2 is 2.00 bits per heavy atom. The highest BCUT2D eigenvalue weighted by atomic mass is 32.2. The van der Waals surface area contributed by atoms with E-state index in [9.17, 15) is 8.42 Å². The van der Waals surface area contributed by atoms with Crippen LogP contribution in [0.5, 0.6) is 0 Å². The zero-order chi connectivity index (χ0) is 12.2. The first kappa shape index (κ1) is 13.9. The van der Waals surface area contributed by atoms with Gasteiger partial charge in [-0.15, -0.1) is 0 Å². The Morgan fingerprint density at radius 1 is 1.38 bits per heavy atom. The smallest absolute Gasteiger partial charge is 0.213 e. The molecule has 1 rings (SSSR count). The molecule has 0 aliphatic heterocycles. The third-order valence-electron chi connectivity index (χ3n) is 3.06. The standard InChI is InChI=1S/C10H22N2O3S/c1-12(8-9-6-10(13)7-9)16(14,15)5-3-2-4-11/h9-10,13H,2-8,11H2,1H3. The van der Waals surface area contributed by atoms with Crippen LogP contribution in [0, 0.1) is 5.92 Å². The van der Waals surface area contributed by atoms with Gasteiger partial charge in [0.05, 0.1) is 11.9 Å². The third kappa shape index (κ3) is 4.01. The second-order valence-corrected chi connectivity index (χ2v) is 6.78. The molecule has 3 N–H and O–H groups in total. The fourth-order valence-electron chi connectivity index (χ4n) is 1.91. The molecule has 0 spiro atoms. The minimum absolute atomic E-state index is 0.177. The van der Waals surface area contributed by atoms with Crippen molar-refractivity contribution in [3.8, 4) is 0 Å². The molecule has 96 valence electrons. The summed E-state index contributed by atoms with van der Waals surface area (Å²) in [5, 5.41) is 9.13. The van der Waals surface area contributed by atoms with Crippen LogP contribution in [0.3, 0.4) is 0 Å². The van der Waals surface area contributed by atoms with Gasteiger partial charge in [-0.3, -0.25) is 0 Å². The number of aliphatic hydroxyl groups excluding tert-OH is 1. The van der Waals surface area contributed by atoms with E-state index in [2.05, 4.69) is 0 Å². The Balaban J connectivity index is 2.30. The number of rotatable bonds is 7. The van der Waals surface area contributed by atoms with Gasteiger partial charge in [-0.05, 0) is 38.1 Å². The van der Waals surface area contributed by atoms with Crippen LogP contribution < -0.4 is 5.73 Å². The van der Waals surface area contributed by atoms with E-state index >= 15 is 0 Å². The van der Waals surface area contributed by atoms with Crippen molar-refractivity contribution in [2.45, 2.75) is 31.8 Å². The van der Waals surface area contributed by atoms with Crippen LogP contribution in [0.2, 0.25) is 0 Å². The second-order valence-electron chi connectivity index (χ2n) is 4.58. The number of aliphatic hydroxyl groups is 1. The van der Waals surface area contributed by atoms with Gasteiger partial charge in [0.15, 0.2) is 0 Å². The predicted octanol–water partition coefficient (Wildman–Crippen LogP) is -0.242. The minimum Gasteiger partial charge on any atom is -0.393 e. The first-order valence-corrected chi connectivity index (χ1v) is 7.38. The molecule has 0 bridgehead atoms. The maximum Gasteiger partial charge on any atom is 0.213 e. The molecule has 0 aromatic carbocycles. The molecule has 6 heteroatoms. The van der Waals surface area contributed by atoms with Gasteiger partial charge in [0.25, 0.3) is 0 Å². The molecule has 0 unspecified atom stereocenters. The van der Waals surface area contributed by atoms with Gasteiger partial charge in [0.1, 0.15) is 0 Å². The zero-order valence-corrected chi connectivity index (χ0v) is 10.6. The van der Waals surface area contributed by atoms with Gasteiger partial charge >= 0.3 is 0 Å². The quantitative estimate of drug-likeness (QED) is 0.611. The Hall–Kier alpha value is -0.170. The van der Waals surface area contributed by atoms with Gasteiger partial charge in [0, 0.05) is 13.6 Å². The summed E-state index contributed by atoms with van der Waals surface area (Å²) in [5.41, 5.74) is 5.32. The summed E-state index contributed by atoms with van der Waals surface area (Å²) in [6.07, 6.45) is 2.59. The monoisotopic (exact) mass is 250 g/mol. The van der Waals surface area contributed by atoms with Crippen molar-refractivity contribution >= 4 is 10.0 Å². The van der Waals surface area contributed by atoms with E-state index in [1.54, 1.807) is 7.05 Å². The van der Waals surface area contributed by atoms with E-state index in [4.69, 9.17) is 10.8 Å². The molecular weight excluding hydrogens is 228 g/mol. The van der Waals surface area contributed by atoms with Crippen molar-refractivity contribution in [2.24, 2.45) is 11.7 Å². The molecule has 0 amide bonds. The minimum atomic E-state index is -3.13. The molecule has 0 aromatic rings. The molecule has 1 aliphatic rings. The summed E-state index contributed by atoms with van der Waals surface area (Å²) < 4.78 is 25.0. The van der Waals surface area contributed by atoms with Crippen LogP contribution in [-0.2, 0) is 10.0 Å². The van der Waals surface area contributed by atoms with E-state index in [1.165, 1.54) is 4.31 Å². The SMILES string of the molecule is CN(CC1CC(O)C1)S(=O)(=O)CCCCN. The fourth-order valence-corrected chi connectivity index (χ4v) is 3.23. The van der Waals surface area contributed by atoms with Crippen LogP contribution in [0.15, 0.2) is 0 Å². The van der Waals surface area contributed by atoms with Crippen molar-refractivity contribution in [2.75, 3.05) is 25.9 Å². The van der Waals surface area contributed by atoms with Crippen molar-refractivity contribution < 1.29 is 13.5 Å². The zero-order valence-electron chi connectivity index (χ0n) is 9.80. The van der Waals surface area contributed by atoms with Crippen molar-refractivity contribution in [3.05, 3.63) is 0 Å². The van der Waals surface area contributed by atoms with Gasteiger partial charge in [-0.25, -0.2) is 12.7 Å². The summed E-state index contributed by atoms with van der Waals surface area (Å²) in [7, 11) is -1.51. The Bertz CT molecular complexity index is 299. The van der Waals surface area contributed by atoms with Crippen LogP contribution in [0.1, 0.15) is 25.7 Å². The maximum atomic E-state index is 11.8. The van der Waals surface area contributed by atoms with Crippen LogP contribution in [-0.4, -0.2) is 49.8 Å². The van der Waals surface area contributed by atoms with Gasteiger partial charge in [-0.1, -0.05) is 0 Å². The molecule has 0 radical (unpaired) electrons. The molecule has 16 heavy (non-hydrogen) atoms. The molecule has 1 aliphatic carbocycles. The number of nitrogens with zero attached hydrogens (tertiary/aromatic N) is 1. The molecule has 1 fully saturated rings.